The van der Waals surface area contributed by atoms with Crippen LogP contribution in [0.4, 0.5) is 0 Å². The van der Waals surface area contributed by atoms with Gasteiger partial charge >= 0.3 is 0 Å². The van der Waals surface area contributed by atoms with Crippen molar-refractivity contribution in [2.45, 2.75) is 33.0 Å². The Morgan fingerprint density at radius 1 is 1.20 bits per heavy atom. The quantitative estimate of drug-likeness (QED) is 0.760. The third kappa shape index (κ3) is 2.21. The molecule has 2 rings (SSSR count). The predicted molar refractivity (Wildman–Crippen MR) is 62.1 cm³/mol. The summed E-state index contributed by atoms with van der Waals surface area (Å²) >= 11 is 0. The van der Waals surface area contributed by atoms with Gasteiger partial charge in [-0.3, -0.25) is 0 Å². The third-order valence-electron chi connectivity index (χ3n) is 3.02. The first-order chi connectivity index (χ1) is 7.18. The molecule has 0 bridgehead atoms. The molecule has 0 aromatic heterocycles. The molecule has 1 aliphatic rings. The molecule has 0 spiro atoms. The number of morpholine rings is 1. The van der Waals surface area contributed by atoms with E-state index in [0.717, 1.165) is 13.1 Å². The van der Waals surface area contributed by atoms with E-state index in [0.29, 0.717) is 6.10 Å². The van der Waals surface area contributed by atoms with Crippen molar-refractivity contribution in [3.8, 4) is 0 Å². The van der Waals surface area contributed by atoms with Gasteiger partial charge in [0.15, 0.2) is 0 Å². The molecule has 1 aliphatic heterocycles. The molecule has 1 aromatic rings. The average molecular weight is 205 g/mol. The summed E-state index contributed by atoms with van der Waals surface area (Å²) in [4.78, 5) is 0. The number of hydrogen-bond acceptors (Lipinski definition) is 2. The Bertz CT molecular complexity index is 328. The minimum absolute atomic E-state index is 0.218. The van der Waals surface area contributed by atoms with E-state index in [4.69, 9.17) is 4.74 Å². The molecule has 15 heavy (non-hydrogen) atoms. The van der Waals surface area contributed by atoms with Gasteiger partial charge in [0.25, 0.3) is 0 Å². The summed E-state index contributed by atoms with van der Waals surface area (Å²) < 4.78 is 5.97. The minimum atomic E-state index is 0.218. The van der Waals surface area contributed by atoms with Crippen LogP contribution in [0.3, 0.4) is 0 Å². The van der Waals surface area contributed by atoms with Crippen LogP contribution in [0.1, 0.15) is 29.7 Å². The van der Waals surface area contributed by atoms with Gasteiger partial charge in [-0.1, -0.05) is 18.2 Å². The van der Waals surface area contributed by atoms with Crippen LogP contribution in [0.5, 0.6) is 0 Å². The smallest absolute Gasteiger partial charge is 0.0958 e. The van der Waals surface area contributed by atoms with E-state index in [9.17, 15) is 0 Å². The zero-order valence-electron chi connectivity index (χ0n) is 9.71. The van der Waals surface area contributed by atoms with Gasteiger partial charge in [-0.2, -0.15) is 0 Å². The normalized spacial score (nSPS) is 26.6. The zero-order valence-corrected chi connectivity index (χ0v) is 9.71. The molecule has 0 aliphatic carbocycles. The van der Waals surface area contributed by atoms with Crippen LogP contribution >= 0.6 is 0 Å². The van der Waals surface area contributed by atoms with Crippen LogP contribution in [0.15, 0.2) is 18.2 Å². The number of nitrogens with one attached hydrogen (secondary N) is 1. The molecule has 0 radical (unpaired) electrons. The predicted octanol–water partition coefficient (Wildman–Crippen LogP) is 2.35. The molecule has 2 atom stereocenters. The topological polar surface area (TPSA) is 21.3 Å². The first-order valence-electron chi connectivity index (χ1n) is 5.61. The summed E-state index contributed by atoms with van der Waals surface area (Å²) in [7, 11) is 0. The Kier molecular flexibility index (Phi) is 3.08. The highest BCUT2D eigenvalue weighted by atomic mass is 16.5. The Labute approximate surface area is 91.6 Å². The van der Waals surface area contributed by atoms with Gasteiger partial charge in [0.2, 0.25) is 0 Å². The van der Waals surface area contributed by atoms with E-state index in [-0.39, 0.29) is 6.10 Å². The van der Waals surface area contributed by atoms with Crippen LogP contribution in [0, 0.1) is 13.8 Å². The van der Waals surface area contributed by atoms with Crippen molar-refractivity contribution < 1.29 is 4.74 Å². The number of aryl methyl sites for hydroxylation is 2. The SMILES string of the molecule is Cc1cccc(C)c1C1CNCC(C)O1. The summed E-state index contributed by atoms with van der Waals surface area (Å²) in [6.07, 6.45) is 0.526. The summed E-state index contributed by atoms with van der Waals surface area (Å²) in [6.45, 7) is 8.32. The second-order valence-electron chi connectivity index (χ2n) is 4.40. The number of hydrogen-bond donors (Lipinski definition) is 1. The highest BCUT2D eigenvalue weighted by molar-refractivity contribution is 5.35. The lowest BCUT2D eigenvalue weighted by atomic mass is 9.97. The standard InChI is InChI=1S/C13H19NO/c1-9-5-4-6-10(2)13(9)12-8-14-7-11(3)15-12/h4-6,11-12,14H,7-8H2,1-3H3. The molecule has 0 amide bonds. The Morgan fingerprint density at radius 3 is 2.47 bits per heavy atom. The third-order valence-corrected chi connectivity index (χ3v) is 3.02. The first-order valence-corrected chi connectivity index (χ1v) is 5.61. The number of ether oxygens (including phenoxy) is 1. The highest BCUT2D eigenvalue weighted by Gasteiger charge is 2.22. The van der Waals surface area contributed by atoms with Gasteiger partial charge in [-0.05, 0) is 37.5 Å². The molecular weight excluding hydrogens is 186 g/mol. The van der Waals surface area contributed by atoms with E-state index in [1.807, 2.05) is 0 Å². The molecule has 1 N–H and O–H groups in total. The highest BCUT2D eigenvalue weighted by Crippen LogP contribution is 2.27. The summed E-state index contributed by atoms with van der Waals surface area (Å²) in [5.41, 5.74) is 4.02. The van der Waals surface area contributed by atoms with Gasteiger partial charge in [0.1, 0.15) is 0 Å². The fourth-order valence-corrected chi connectivity index (χ4v) is 2.30. The van der Waals surface area contributed by atoms with Gasteiger partial charge in [-0.15, -0.1) is 0 Å². The fraction of sp³-hybridized carbons (Fsp3) is 0.538. The van der Waals surface area contributed by atoms with Crippen molar-refractivity contribution in [3.05, 3.63) is 34.9 Å². The van der Waals surface area contributed by atoms with Crippen LogP contribution in [-0.2, 0) is 4.74 Å². The van der Waals surface area contributed by atoms with Crippen LogP contribution in [-0.4, -0.2) is 19.2 Å². The average Bonchev–Trinajstić information content (AvgIpc) is 2.17. The minimum Gasteiger partial charge on any atom is -0.368 e. The Balaban J connectivity index is 2.28. The molecule has 1 aromatic carbocycles. The monoisotopic (exact) mass is 205 g/mol. The molecule has 2 heteroatoms. The molecule has 0 saturated carbocycles. The molecule has 2 nitrogen and oxygen atoms in total. The van der Waals surface area contributed by atoms with E-state index in [1.54, 1.807) is 0 Å². The Hall–Kier alpha value is -0.860. The van der Waals surface area contributed by atoms with Crippen molar-refractivity contribution >= 4 is 0 Å². The van der Waals surface area contributed by atoms with Crippen LogP contribution in [0.25, 0.3) is 0 Å². The van der Waals surface area contributed by atoms with E-state index in [1.165, 1.54) is 16.7 Å². The summed E-state index contributed by atoms with van der Waals surface area (Å²) in [5.74, 6) is 0. The van der Waals surface area contributed by atoms with E-state index in [2.05, 4.69) is 44.3 Å². The number of rotatable bonds is 1. The van der Waals surface area contributed by atoms with Crippen molar-refractivity contribution in [2.24, 2.45) is 0 Å². The molecular formula is C13H19NO. The maximum absolute atomic E-state index is 5.97. The van der Waals surface area contributed by atoms with Crippen molar-refractivity contribution in [2.75, 3.05) is 13.1 Å². The Morgan fingerprint density at radius 2 is 1.87 bits per heavy atom. The fourth-order valence-electron chi connectivity index (χ4n) is 2.30. The summed E-state index contributed by atoms with van der Waals surface area (Å²) in [6, 6.07) is 6.42. The lowest BCUT2D eigenvalue weighted by Crippen LogP contribution is -2.39. The van der Waals surface area contributed by atoms with Crippen LogP contribution in [0.2, 0.25) is 0 Å². The van der Waals surface area contributed by atoms with Gasteiger partial charge in [0.05, 0.1) is 12.2 Å². The van der Waals surface area contributed by atoms with Crippen LogP contribution < -0.4 is 5.32 Å². The molecule has 1 fully saturated rings. The second-order valence-corrected chi connectivity index (χ2v) is 4.40. The maximum Gasteiger partial charge on any atom is 0.0958 e. The molecule has 2 unspecified atom stereocenters. The number of benzene rings is 1. The van der Waals surface area contributed by atoms with Gasteiger partial charge < -0.3 is 10.1 Å². The zero-order chi connectivity index (χ0) is 10.8. The van der Waals surface area contributed by atoms with E-state index >= 15 is 0 Å². The van der Waals surface area contributed by atoms with Crippen molar-refractivity contribution in [1.82, 2.24) is 5.32 Å². The molecule has 82 valence electrons. The first kappa shape index (κ1) is 10.7. The molecule has 1 heterocycles. The molecule has 1 saturated heterocycles. The van der Waals surface area contributed by atoms with Crippen molar-refractivity contribution in [1.29, 1.82) is 0 Å². The largest absolute Gasteiger partial charge is 0.368 e. The second kappa shape index (κ2) is 4.33. The van der Waals surface area contributed by atoms with Gasteiger partial charge in [0, 0.05) is 13.1 Å². The maximum atomic E-state index is 5.97. The lowest BCUT2D eigenvalue weighted by Gasteiger charge is -2.30. The van der Waals surface area contributed by atoms with Gasteiger partial charge in [-0.25, -0.2) is 0 Å². The lowest BCUT2D eigenvalue weighted by molar-refractivity contribution is -0.0292. The summed E-state index contributed by atoms with van der Waals surface area (Å²) in [5, 5.41) is 3.41. The van der Waals surface area contributed by atoms with Crippen molar-refractivity contribution in [3.63, 3.8) is 0 Å². The van der Waals surface area contributed by atoms with E-state index < -0.39 is 0 Å².